The molecule has 0 atom stereocenters. The molecular formula is C25H31N3S. The van der Waals surface area contributed by atoms with E-state index in [4.69, 9.17) is 0 Å². The summed E-state index contributed by atoms with van der Waals surface area (Å²) in [6, 6.07) is 19.9. The zero-order valence-corrected chi connectivity index (χ0v) is 18.3. The van der Waals surface area contributed by atoms with Crippen LogP contribution >= 0.6 is 11.8 Å². The molecule has 1 N–H and O–H groups in total. The molecule has 0 amide bonds. The van der Waals surface area contributed by atoms with Crippen LogP contribution in [0.5, 0.6) is 0 Å². The van der Waals surface area contributed by atoms with Crippen molar-refractivity contribution in [2.24, 2.45) is 7.05 Å². The highest BCUT2D eigenvalue weighted by Crippen LogP contribution is 2.39. The Morgan fingerprint density at radius 2 is 1.83 bits per heavy atom. The Labute approximate surface area is 178 Å². The van der Waals surface area contributed by atoms with Gasteiger partial charge in [0.05, 0.1) is 5.69 Å². The van der Waals surface area contributed by atoms with Crippen molar-refractivity contribution in [1.29, 1.82) is 0 Å². The number of hydrogen-bond donors (Lipinski definition) is 1. The molecule has 1 saturated carbocycles. The van der Waals surface area contributed by atoms with E-state index >= 15 is 0 Å². The fourth-order valence-electron chi connectivity index (χ4n) is 3.78. The summed E-state index contributed by atoms with van der Waals surface area (Å²) in [6.07, 6.45) is 9.57. The number of anilines is 1. The predicted molar refractivity (Wildman–Crippen MR) is 125 cm³/mol. The third kappa shape index (κ3) is 5.45. The zero-order valence-electron chi connectivity index (χ0n) is 17.5. The van der Waals surface area contributed by atoms with E-state index in [0.29, 0.717) is 0 Å². The van der Waals surface area contributed by atoms with E-state index in [-0.39, 0.29) is 0 Å². The number of rotatable bonds is 10. The summed E-state index contributed by atoms with van der Waals surface area (Å²) < 4.78 is 2.09. The van der Waals surface area contributed by atoms with E-state index in [1.54, 1.807) is 11.8 Å². The first-order valence-corrected chi connectivity index (χ1v) is 12.0. The molecule has 4 heteroatoms. The topological polar surface area (TPSA) is 29.9 Å². The van der Waals surface area contributed by atoms with Gasteiger partial charge in [-0.1, -0.05) is 30.7 Å². The van der Waals surface area contributed by atoms with E-state index in [1.807, 2.05) is 0 Å². The lowest BCUT2D eigenvalue weighted by atomic mass is 10.1. The molecule has 1 heterocycles. The Balaban J connectivity index is 1.20. The zero-order chi connectivity index (χ0) is 20.1. The monoisotopic (exact) mass is 405 g/mol. The summed E-state index contributed by atoms with van der Waals surface area (Å²) in [7, 11) is 2.09. The molecule has 0 bridgehead atoms. The molecule has 0 aliphatic heterocycles. The molecule has 29 heavy (non-hydrogen) atoms. The van der Waals surface area contributed by atoms with E-state index in [0.717, 1.165) is 18.9 Å². The summed E-state index contributed by atoms with van der Waals surface area (Å²) in [6.45, 7) is 1.02. The van der Waals surface area contributed by atoms with Crippen LogP contribution in [0.4, 0.5) is 5.69 Å². The molecule has 4 rings (SSSR count). The first kappa shape index (κ1) is 20.1. The van der Waals surface area contributed by atoms with Crippen LogP contribution in [0.3, 0.4) is 0 Å². The second kappa shape index (κ2) is 9.53. The van der Waals surface area contributed by atoms with Gasteiger partial charge in [0.25, 0.3) is 0 Å². The minimum atomic E-state index is 0.749. The molecule has 152 valence electrons. The highest BCUT2D eigenvalue weighted by Gasteiger charge is 2.26. The number of benzene rings is 2. The van der Waals surface area contributed by atoms with Gasteiger partial charge < -0.3 is 5.32 Å². The number of aryl methyl sites for hydroxylation is 2. The predicted octanol–water partition coefficient (Wildman–Crippen LogP) is 6.51. The number of nitrogens with one attached hydrogen (secondary N) is 1. The molecule has 3 aromatic rings. The highest BCUT2D eigenvalue weighted by molar-refractivity contribution is 7.98. The molecule has 1 fully saturated rings. The molecule has 0 radical (unpaired) electrons. The Hall–Kier alpha value is -2.20. The first-order chi connectivity index (χ1) is 14.2. The lowest BCUT2D eigenvalue weighted by Gasteiger charge is -2.09. The Morgan fingerprint density at radius 1 is 1.00 bits per heavy atom. The fraction of sp³-hybridized carbons (Fsp3) is 0.400. The summed E-state index contributed by atoms with van der Waals surface area (Å²) in [4.78, 5) is 1.30. The van der Waals surface area contributed by atoms with E-state index < -0.39 is 0 Å². The van der Waals surface area contributed by atoms with Crippen LogP contribution in [-0.2, 0) is 13.5 Å². The molecule has 1 aliphatic carbocycles. The second-order valence-corrected chi connectivity index (χ2v) is 8.88. The van der Waals surface area contributed by atoms with Crippen molar-refractivity contribution >= 4 is 17.4 Å². The van der Waals surface area contributed by atoms with Crippen molar-refractivity contribution in [3.05, 3.63) is 66.0 Å². The standard InChI is InChI=1S/C25H31N3S/c1-28-23(18-25(27-28)20-10-11-20)9-4-3-5-16-26-22-8-6-7-21(17-22)19-12-14-24(29-2)15-13-19/h6-8,12-15,17-18,20,26H,3-5,9-11,16H2,1-2H3. The highest BCUT2D eigenvalue weighted by atomic mass is 32.2. The van der Waals surface area contributed by atoms with Crippen LogP contribution in [0.1, 0.15) is 49.4 Å². The molecule has 0 spiro atoms. The first-order valence-electron chi connectivity index (χ1n) is 10.7. The number of hydrogen-bond acceptors (Lipinski definition) is 3. The Morgan fingerprint density at radius 3 is 2.59 bits per heavy atom. The molecule has 0 saturated heterocycles. The van der Waals surface area contributed by atoms with E-state index in [9.17, 15) is 0 Å². The van der Waals surface area contributed by atoms with Gasteiger partial charge in [0.2, 0.25) is 0 Å². The number of nitrogens with zero attached hydrogens (tertiary/aromatic N) is 2. The largest absolute Gasteiger partial charge is 0.385 e. The fourth-order valence-corrected chi connectivity index (χ4v) is 4.18. The van der Waals surface area contributed by atoms with Crippen LogP contribution < -0.4 is 5.32 Å². The molecule has 2 aromatic carbocycles. The number of thioether (sulfide) groups is 1. The van der Waals surface area contributed by atoms with Gasteiger partial charge in [0.15, 0.2) is 0 Å². The smallest absolute Gasteiger partial charge is 0.0658 e. The van der Waals surface area contributed by atoms with Gasteiger partial charge in [-0.3, -0.25) is 4.68 Å². The SMILES string of the molecule is CSc1ccc(-c2cccc(NCCCCCc3cc(C4CC4)nn3C)c2)cc1. The van der Waals surface area contributed by atoms with Gasteiger partial charge in [-0.25, -0.2) is 0 Å². The number of aromatic nitrogens is 2. The minimum absolute atomic E-state index is 0.749. The van der Waals surface area contributed by atoms with E-state index in [1.165, 1.54) is 65.2 Å². The summed E-state index contributed by atoms with van der Waals surface area (Å²) in [5.74, 6) is 0.749. The van der Waals surface area contributed by atoms with Gasteiger partial charge in [0.1, 0.15) is 0 Å². The van der Waals surface area contributed by atoms with Crippen molar-refractivity contribution < 1.29 is 0 Å². The van der Waals surface area contributed by atoms with Crippen molar-refractivity contribution in [2.45, 2.75) is 49.3 Å². The molecule has 3 nitrogen and oxygen atoms in total. The molecule has 0 unspecified atom stereocenters. The molecule has 1 aromatic heterocycles. The van der Waals surface area contributed by atoms with Crippen molar-refractivity contribution in [3.63, 3.8) is 0 Å². The molecular weight excluding hydrogens is 374 g/mol. The normalized spacial score (nSPS) is 13.6. The van der Waals surface area contributed by atoms with Gasteiger partial charge in [-0.2, -0.15) is 5.10 Å². The maximum Gasteiger partial charge on any atom is 0.0658 e. The lowest BCUT2D eigenvalue weighted by molar-refractivity contribution is 0.642. The minimum Gasteiger partial charge on any atom is -0.385 e. The lowest BCUT2D eigenvalue weighted by Crippen LogP contribution is -2.02. The quantitative estimate of drug-likeness (QED) is 0.308. The van der Waals surface area contributed by atoms with Crippen LogP contribution in [0.15, 0.2) is 59.5 Å². The van der Waals surface area contributed by atoms with Crippen LogP contribution in [0.25, 0.3) is 11.1 Å². The van der Waals surface area contributed by atoms with Gasteiger partial charge in [0, 0.05) is 35.8 Å². The average molecular weight is 406 g/mol. The maximum atomic E-state index is 4.67. The van der Waals surface area contributed by atoms with Gasteiger partial charge >= 0.3 is 0 Å². The van der Waals surface area contributed by atoms with Gasteiger partial charge in [-0.05, 0) is 79.8 Å². The Kier molecular flexibility index (Phi) is 6.60. The maximum absolute atomic E-state index is 4.67. The van der Waals surface area contributed by atoms with Crippen molar-refractivity contribution in [3.8, 4) is 11.1 Å². The number of unbranched alkanes of at least 4 members (excludes halogenated alkanes) is 2. The van der Waals surface area contributed by atoms with Crippen LogP contribution in [0.2, 0.25) is 0 Å². The Bertz CT molecular complexity index is 925. The van der Waals surface area contributed by atoms with Crippen LogP contribution in [0, 0.1) is 0 Å². The third-order valence-corrected chi connectivity index (χ3v) is 6.46. The van der Waals surface area contributed by atoms with Crippen molar-refractivity contribution in [1.82, 2.24) is 9.78 Å². The second-order valence-electron chi connectivity index (χ2n) is 8.01. The van der Waals surface area contributed by atoms with Crippen LogP contribution in [-0.4, -0.2) is 22.6 Å². The van der Waals surface area contributed by atoms with E-state index in [2.05, 4.69) is 83.0 Å². The van der Waals surface area contributed by atoms with Crippen molar-refractivity contribution in [2.75, 3.05) is 18.1 Å². The average Bonchev–Trinajstić information content (AvgIpc) is 3.54. The van der Waals surface area contributed by atoms with Gasteiger partial charge in [-0.15, -0.1) is 11.8 Å². The molecule has 1 aliphatic rings. The summed E-state index contributed by atoms with van der Waals surface area (Å²) in [5.41, 5.74) is 6.45. The summed E-state index contributed by atoms with van der Waals surface area (Å²) in [5, 5.41) is 8.27. The summed E-state index contributed by atoms with van der Waals surface area (Å²) >= 11 is 1.78. The third-order valence-electron chi connectivity index (χ3n) is 5.72.